The highest BCUT2D eigenvalue weighted by molar-refractivity contribution is 9.13. The van der Waals surface area contributed by atoms with Gasteiger partial charge in [0.25, 0.3) is 5.91 Å². The number of amidine groups is 1. The highest BCUT2D eigenvalue weighted by Crippen LogP contribution is 2.32. The van der Waals surface area contributed by atoms with Crippen molar-refractivity contribution >= 4 is 54.9 Å². The second-order valence-electron chi connectivity index (χ2n) is 3.14. The van der Waals surface area contributed by atoms with Gasteiger partial charge in [-0.25, -0.2) is 0 Å². The second-order valence-corrected chi connectivity index (χ2v) is 6.37. The van der Waals surface area contributed by atoms with Gasteiger partial charge in [0.05, 0.1) is 15.2 Å². The molecule has 0 atom stereocenters. The molecule has 94 valence electrons. The van der Waals surface area contributed by atoms with E-state index in [1.807, 2.05) is 6.92 Å². The lowest BCUT2D eigenvalue weighted by Gasteiger charge is -2.18. The van der Waals surface area contributed by atoms with E-state index in [0.29, 0.717) is 11.4 Å². The van der Waals surface area contributed by atoms with Gasteiger partial charge in [-0.15, -0.1) is 11.3 Å². The van der Waals surface area contributed by atoms with Gasteiger partial charge in [-0.1, -0.05) is 5.16 Å². The van der Waals surface area contributed by atoms with E-state index in [0.717, 1.165) is 8.26 Å². The molecule has 0 radical (unpaired) electrons. The Hall–Kier alpha value is -0.600. The Kier molecular flexibility index (Phi) is 5.41. The maximum absolute atomic E-state index is 12.1. The van der Waals surface area contributed by atoms with Crippen LogP contribution in [-0.4, -0.2) is 34.9 Å². The van der Waals surface area contributed by atoms with Crippen LogP contribution in [-0.2, 0) is 0 Å². The van der Waals surface area contributed by atoms with Gasteiger partial charge in [0.15, 0.2) is 5.84 Å². The van der Waals surface area contributed by atoms with Gasteiger partial charge >= 0.3 is 0 Å². The number of carbonyl (C=O) groups excluding carboxylic acids is 1. The van der Waals surface area contributed by atoms with Crippen LogP contribution in [0.15, 0.2) is 19.5 Å². The molecule has 1 aromatic rings. The molecule has 17 heavy (non-hydrogen) atoms. The van der Waals surface area contributed by atoms with E-state index in [4.69, 9.17) is 10.9 Å². The molecule has 1 amide bonds. The SMILES string of the molecule is CCN(CC(N)=NO)C(=O)c1cc(Br)c(Br)s1. The van der Waals surface area contributed by atoms with E-state index in [9.17, 15) is 4.79 Å². The number of thiophene rings is 1. The molecule has 3 N–H and O–H groups in total. The third-order valence-electron chi connectivity index (χ3n) is 2.01. The highest BCUT2D eigenvalue weighted by atomic mass is 79.9. The van der Waals surface area contributed by atoms with Crippen LogP contribution in [0.4, 0.5) is 0 Å². The molecule has 0 spiro atoms. The zero-order valence-electron chi connectivity index (χ0n) is 8.98. The van der Waals surface area contributed by atoms with Crippen molar-refractivity contribution in [3.05, 3.63) is 19.2 Å². The first-order valence-electron chi connectivity index (χ1n) is 4.70. The quantitative estimate of drug-likeness (QED) is 0.362. The Labute approximate surface area is 120 Å². The van der Waals surface area contributed by atoms with Crippen molar-refractivity contribution in [3.63, 3.8) is 0 Å². The normalized spacial score (nSPS) is 11.6. The van der Waals surface area contributed by atoms with Gasteiger partial charge in [-0.3, -0.25) is 4.79 Å². The van der Waals surface area contributed by atoms with E-state index in [1.165, 1.54) is 16.2 Å². The van der Waals surface area contributed by atoms with Crippen LogP contribution < -0.4 is 5.73 Å². The molecule has 1 rings (SSSR count). The zero-order valence-corrected chi connectivity index (χ0v) is 13.0. The molecule has 0 saturated carbocycles. The molecule has 1 heterocycles. The molecule has 5 nitrogen and oxygen atoms in total. The summed E-state index contributed by atoms with van der Waals surface area (Å²) in [7, 11) is 0. The summed E-state index contributed by atoms with van der Waals surface area (Å²) in [6.45, 7) is 2.43. The summed E-state index contributed by atoms with van der Waals surface area (Å²) >= 11 is 7.99. The Morgan fingerprint density at radius 2 is 2.29 bits per heavy atom. The van der Waals surface area contributed by atoms with E-state index >= 15 is 0 Å². The molecule has 1 aromatic heterocycles. The van der Waals surface area contributed by atoms with Crippen LogP contribution in [0.1, 0.15) is 16.6 Å². The third-order valence-corrected chi connectivity index (χ3v) is 5.25. The van der Waals surface area contributed by atoms with Crippen molar-refractivity contribution in [1.82, 2.24) is 4.90 Å². The Bertz CT molecular complexity index is 428. The summed E-state index contributed by atoms with van der Waals surface area (Å²) in [6.07, 6.45) is 0. The van der Waals surface area contributed by atoms with Gasteiger partial charge in [0.1, 0.15) is 0 Å². The highest BCUT2D eigenvalue weighted by Gasteiger charge is 2.18. The van der Waals surface area contributed by atoms with Gasteiger partial charge in [-0.05, 0) is 44.8 Å². The van der Waals surface area contributed by atoms with Crippen molar-refractivity contribution in [2.45, 2.75) is 6.92 Å². The minimum Gasteiger partial charge on any atom is -0.409 e. The smallest absolute Gasteiger partial charge is 0.264 e. The lowest BCUT2D eigenvalue weighted by atomic mass is 10.3. The fourth-order valence-electron chi connectivity index (χ4n) is 1.16. The van der Waals surface area contributed by atoms with Crippen molar-refractivity contribution in [2.24, 2.45) is 10.9 Å². The minimum absolute atomic E-state index is 0.00916. The molecule has 0 aromatic carbocycles. The first-order chi connectivity index (χ1) is 7.99. The van der Waals surface area contributed by atoms with Crippen molar-refractivity contribution in [3.8, 4) is 0 Å². The third kappa shape index (κ3) is 3.68. The minimum atomic E-state index is -0.143. The van der Waals surface area contributed by atoms with E-state index in [-0.39, 0.29) is 18.3 Å². The van der Waals surface area contributed by atoms with Gasteiger partial charge in [0, 0.05) is 11.0 Å². The van der Waals surface area contributed by atoms with Gasteiger partial charge < -0.3 is 15.8 Å². The number of likely N-dealkylation sites (N-methyl/N-ethyl adjacent to an activating group) is 1. The van der Waals surface area contributed by atoms with Crippen LogP contribution in [0.2, 0.25) is 0 Å². The average Bonchev–Trinajstić information content (AvgIpc) is 2.65. The molecule has 0 saturated heterocycles. The number of nitrogens with zero attached hydrogens (tertiary/aromatic N) is 2. The number of nitrogens with two attached hydrogens (primary N) is 1. The van der Waals surface area contributed by atoms with Crippen LogP contribution in [0.25, 0.3) is 0 Å². The molecule has 0 aliphatic rings. The number of amides is 1. The van der Waals surface area contributed by atoms with Crippen LogP contribution >= 0.6 is 43.2 Å². The second kappa shape index (κ2) is 6.36. The lowest BCUT2D eigenvalue weighted by molar-refractivity contribution is 0.0791. The Balaban J connectivity index is 2.86. The number of rotatable bonds is 4. The zero-order chi connectivity index (χ0) is 13.0. The topological polar surface area (TPSA) is 78.9 Å². The van der Waals surface area contributed by atoms with Crippen LogP contribution in [0, 0.1) is 0 Å². The summed E-state index contributed by atoms with van der Waals surface area (Å²) in [5.41, 5.74) is 5.39. The number of hydrogen-bond acceptors (Lipinski definition) is 4. The molecule has 0 bridgehead atoms. The predicted octanol–water partition coefficient (Wildman–Crippen LogP) is 2.48. The van der Waals surface area contributed by atoms with Crippen LogP contribution in [0.3, 0.4) is 0 Å². The molecular weight excluding hydrogens is 374 g/mol. The average molecular weight is 385 g/mol. The van der Waals surface area contributed by atoms with E-state index < -0.39 is 0 Å². The number of halogens is 2. The van der Waals surface area contributed by atoms with Crippen molar-refractivity contribution in [1.29, 1.82) is 0 Å². The van der Waals surface area contributed by atoms with Gasteiger partial charge in [-0.2, -0.15) is 0 Å². The number of carbonyl (C=O) groups is 1. The Morgan fingerprint density at radius 3 is 2.71 bits per heavy atom. The molecule has 0 fully saturated rings. The van der Waals surface area contributed by atoms with E-state index in [2.05, 4.69) is 37.0 Å². The maximum atomic E-state index is 12.1. The first kappa shape index (κ1) is 14.5. The summed E-state index contributed by atoms with van der Waals surface area (Å²) < 4.78 is 1.70. The summed E-state index contributed by atoms with van der Waals surface area (Å²) in [4.78, 5) is 14.2. The molecule has 0 aliphatic carbocycles. The molecule has 8 heteroatoms. The van der Waals surface area contributed by atoms with Crippen molar-refractivity contribution < 1.29 is 10.0 Å². The lowest BCUT2D eigenvalue weighted by Crippen LogP contribution is -2.38. The largest absolute Gasteiger partial charge is 0.409 e. The summed E-state index contributed by atoms with van der Waals surface area (Å²) in [5.74, 6) is -0.134. The summed E-state index contributed by atoms with van der Waals surface area (Å²) in [6, 6.07) is 1.74. The number of hydrogen-bond donors (Lipinski definition) is 2. The molecular formula is C9H11Br2N3O2S. The summed E-state index contributed by atoms with van der Waals surface area (Å²) in [5, 5.41) is 11.4. The van der Waals surface area contributed by atoms with E-state index in [1.54, 1.807) is 6.07 Å². The Morgan fingerprint density at radius 1 is 1.65 bits per heavy atom. The molecule has 0 aliphatic heterocycles. The standard InChI is InChI=1S/C9H11Br2N3O2S/c1-2-14(4-7(12)13-16)9(15)6-3-5(10)8(11)17-6/h3,16H,2,4H2,1H3,(H2,12,13). The fourth-order valence-corrected chi connectivity index (χ4v) is 3.17. The molecule has 0 unspecified atom stereocenters. The number of oxime groups is 1. The van der Waals surface area contributed by atoms with Gasteiger partial charge in [0.2, 0.25) is 0 Å². The fraction of sp³-hybridized carbons (Fsp3) is 0.333. The van der Waals surface area contributed by atoms with Crippen LogP contribution in [0.5, 0.6) is 0 Å². The maximum Gasteiger partial charge on any atom is 0.264 e. The first-order valence-corrected chi connectivity index (χ1v) is 7.10. The van der Waals surface area contributed by atoms with Crippen molar-refractivity contribution in [2.75, 3.05) is 13.1 Å². The predicted molar refractivity (Wildman–Crippen MR) is 74.7 cm³/mol. The monoisotopic (exact) mass is 383 g/mol.